The molecule has 0 aliphatic carbocycles. The molecule has 2 aromatic carbocycles. The fourth-order valence-electron chi connectivity index (χ4n) is 6.73. The molecule has 3 aromatic heterocycles. The van der Waals surface area contributed by atoms with Gasteiger partial charge in [0.1, 0.15) is 17.3 Å². The molecule has 2 aliphatic rings. The molecule has 5 aromatic rings. The summed E-state index contributed by atoms with van der Waals surface area (Å²) in [7, 11) is 1.54. The number of aromatic amines is 1. The summed E-state index contributed by atoms with van der Waals surface area (Å²) in [6, 6.07) is 12.9. The van der Waals surface area contributed by atoms with Crippen LogP contribution in [0.3, 0.4) is 0 Å². The zero-order valence-electron chi connectivity index (χ0n) is 27.7. The average molecular weight is 705 g/mol. The Labute approximate surface area is 291 Å². The van der Waals surface area contributed by atoms with E-state index in [0.717, 1.165) is 6.07 Å². The highest BCUT2D eigenvalue weighted by Crippen LogP contribution is 2.40. The number of H-pyrrole nitrogens is 1. The van der Waals surface area contributed by atoms with Gasteiger partial charge in [-0.25, -0.2) is 9.37 Å². The molecule has 266 valence electrons. The van der Waals surface area contributed by atoms with Gasteiger partial charge < -0.3 is 24.4 Å². The number of carbonyl (C=O) groups excluding carboxylic acids is 2. The maximum Gasteiger partial charge on any atom is 0.419 e. The van der Waals surface area contributed by atoms with Crippen molar-refractivity contribution in [3.63, 3.8) is 0 Å². The highest BCUT2D eigenvalue weighted by atomic mass is 19.4. The van der Waals surface area contributed by atoms with Crippen LogP contribution in [0, 0.1) is 5.82 Å². The van der Waals surface area contributed by atoms with Crippen LogP contribution in [0.2, 0.25) is 0 Å². The number of piperazine rings is 1. The standard InChI is InChI=1S/C36H34F4N8O3.H2/c1-51-30-9-3-2-7-24(30)26-20-25(23-6-5-13-47(22-23)31(49)10-14-48-15-12-42-44-48)32(37)33-27(26)21-29(43-33)35(50)46-18-16-45(17-19-46)34-28(36(38,39)40)8-4-11-41-34;/h2-4,6-9,11-12,15,20-21,43H,5,10,13-14,16-19,22H2,1H3;1H. The second-order valence-electron chi connectivity index (χ2n) is 12.4. The summed E-state index contributed by atoms with van der Waals surface area (Å²) in [5.74, 6) is -0.683. The number of hydrogen-bond acceptors (Lipinski definition) is 7. The van der Waals surface area contributed by atoms with Gasteiger partial charge >= 0.3 is 6.18 Å². The van der Waals surface area contributed by atoms with Gasteiger partial charge in [-0.15, -0.1) is 5.10 Å². The Balaban J connectivity index is 0.00000464. The number of amides is 2. The highest BCUT2D eigenvalue weighted by Gasteiger charge is 2.37. The van der Waals surface area contributed by atoms with Crippen molar-refractivity contribution in [1.29, 1.82) is 0 Å². The SMILES string of the molecule is COc1ccccc1-c1cc(C2=CCCN(C(=O)CCn3ccnn3)C2)c(F)c2[nH]c(C(=O)N3CCN(c4ncccc4C(F)(F)F)CC3)cc12.[HH]. The van der Waals surface area contributed by atoms with E-state index in [9.17, 15) is 22.8 Å². The van der Waals surface area contributed by atoms with E-state index in [0.29, 0.717) is 52.9 Å². The third kappa shape index (κ3) is 6.75. The number of hydrogen-bond donors (Lipinski definition) is 1. The van der Waals surface area contributed by atoms with Gasteiger partial charge in [-0.3, -0.25) is 14.3 Å². The number of nitrogens with one attached hydrogen (secondary N) is 1. The predicted molar refractivity (Wildman–Crippen MR) is 184 cm³/mol. The van der Waals surface area contributed by atoms with Crippen molar-refractivity contribution in [3.8, 4) is 16.9 Å². The number of methoxy groups -OCH3 is 1. The molecule has 0 spiro atoms. The van der Waals surface area contributed by atoms with Crippen LogP contribution in [0.5, 0.6) is 5.75 Å². The quantitative estimate of drug-likeness (QED) is 0.200. The Hall–Kier alpha value is -5.73. The van der Waals surface area contributed by atoms with Gasteiger partial charge in [-0.05, 0) is 47.9 Å². The van der Waals surface area contributed by atoms with Gasteiger partial charge in [-0.1, -0.05) is 29.5 Å². The number of aryl methyl sites for hydroxylation is 1. The summed E-state index contributed by atoms with van der Waals surface area (Å²) >= 11 is 0. The number of fused-ring (bicyclic) bond motifs is 1. The monoisotopic (exact) mass is 704 g/mol. The maximum absolute atomic E-state index is 16.6. The van der Waals surface area contributed by atoms with E-state index in [1.165, 1.54) is 22.1 Å². The van der Waals surface area contributed by atoms with E-state index in [-0.39, 0.29) is 63.5 Å². The fourth-order valence-corrected chi connectivity index (χ4v) is 6.73. The van der Waals surface area contributed by atoms with E-state index < -0.39 is 23.5 Å². The van der Waals surface area contributed by atoms with E-state index in [1.54, 1.807) is 47.3 Å². The number of benzene rings is 2. The smallest absolute Gasteiger partial charge is 0.419 e. The zero-order chi connectivity index (χ0) is 35.7. The lowest BCUT2D eigenvalue weighted by Crippen LogP contribution is -2.49. The van der Waals surface area contributed by atoms with Crippen LogP contribution < -0.4 is 9.64 Å². The number of rotatable bonds is 8. The second-order valence-corrected chi connectivity index (χ2v) is 12.4. The molecule has 0 saturated carbocycles. The number of aromatic nitrogens is 5. The van der Waals surface area contributed by atoms with E-state index in [4.69, 9.17) is 4.74 Å². The number of alkyl halides is 3. The number of nitrogens with zero attached hydrogens (tertiary/aromatic N) is 7. The van der Waals surface area contributed by atoms with Gasteiger partial charge in [0.05, 0.1) is 30.9 Å². The van der Waals surface area contributed by atoms with Crippen LogP contribution in [0.4, 0.5) is 23.4 Å². The number of para-hydroxylation sites is 1. The molecule has 1 saturated heterocycles. The third-order valence-corrected chi connectivity index (χ3v) is 9.31. The molecule has 15 heteroatoms. The van der Waals surface area contributed by atoms with Crippen molar-refractivity contribution in [1.82, 2.24) is 34.8 Å². The summed E-state index contributed by atoms with van der Waals surface area (Å²) in [4.78, 5) is 38.7. The Morgan fingerprint density at radius 3 is 2.51 bits per heavy atom. The molecule has 1 fully saturated rings. The minimum atomic E-state index is -4.57. The maximum atomic E-state index is 16.6. The van der Waals surface area contributed by atoms with Crippen molar-refractivity contribution in [2.75, 3.05) is 51.3 Å². The first-order valence-electron chi connectivity index (χ1n) is 16.5. The normalized spacial score (nSPS) is 15.3. The highest BCUT2D eigenvalue weighted by molar-refractivity contribution is 6.05. The first-order valence-corrected chi connectivity index (χ1v) is 16.5. The van der Waals surface area contributed by atoms with Gasteiger partial charge in [0, 0.05) is 76.0 Å². The molecular weight excluding hydrogens is 668 g/mol. The molecule has 11 nitrogen and oxygen atoms in total. The molecule has 0 radical (unpaired) electrons. The van der Waals surface area contributed by atoms with Crippen molar-refractivity contribution in [2.45, 2.75) is 25.6 Å². The molecule has 7 rings (SSSR count). The van der Waals surface area contributed by atoms with Crippen LogP contribution in [-0.2, 0) is 17.5 Å². The van der Waals surface area contributed by atoms with Crippen LogP contribution in [0.25, 0.3) is 27.6 Å². The second kappa shape index (κ2) is 13.9. The third-order valence-electron chi connectivity index (χ3n) is 9.31. The number of pyridine rings is 1. The Morgan fingerprint density at radius 2 is 1.76 bits per heavy atom. The van der Waals surface area contributed by atoms with Crippen LogP contribution >= 0.6 is 0 Å². The largest absolute Gasteiger partial charge is 0.496 e. The number of anilines is 1. The first kappa shape index (κ1) is 33.8. The lowest BCUT2D eigenvalue weighted by Gasteiger charge is -2.36. The molecule has 5 heterocycles. The summed E-state index contributed by atoms with van der Waals surface area (Å²) in [6.07, 6.45) is 2.66. The Bertz CT molecular complexity index is 2110. The van der Waals surface area contributed by atoms with Crippen LogP contribution in [-0.4, -0.2) is 93.0 Å². The average Bonchev–Trinajstić information content (AvgIpc) is 3.85. The number of ether oxygens (including phenoxy) is 1. The molecule has 0 atom stereocenters. The zero-order valence-corrected chi connectivity index (χ0v) is 27.7. The summed E-state index contributed by atoms with van der Waals surface area (Å²) in [5.41, 5.74) is 1.68. The Kier molecular flexibility index (Phi) is 9.19. The molecule has 0 bridgehead atoms. The minimum Gasteiger partial charge on any atom is -0.496 e. The molecular formula is C36H36F4N8O3. The molecule has 2 amide bonds. The van der Waals surface area contributed by atoms with Crippen molar-refractivity contribution in [3.05, 3.63) is 95.8 Å². The lowest BCUT2D eigenvalue weighted by atomic mass is 9.93. The van der Waals surface area contributed by atoms with Gasteiger partial charge in [0.15, 0.2) is 5.82 Å². The summed E-state index contributed by atoms with van der Waals surface area (Å²) in [6.45, 7) is 1.63. The van der Waals surface area contributed by atoms with Crippen molar-refractivity contribution in [2.24, 2.45) is 0 Å². The van der Waals surface area contributed by atoms with Gasteiger partial charge in [0.25, 0.3) is 5.91 Å². The van der Waals surface area contributed by atoms with Gasteiger partial charge in [-0.2, -0.15) is 13.2 Å². The number of carbonyl (C=O) groups is 2. The van der Waals surface area contributed by atoms with E-state index in [1.807, 2.05) is 24.3 Å². The lowest BCUT2D eigenvalue weighted by molar-refractivity contribution is -0.137. The van der Waals surface area contributed by atoms with Crippen molar-refractivity contribution >= 4 is 34.1 Å². The van der Waals surface area contributed by atoms with Crippen LogP contribution in [0.1, 0.15) is 35.9 Å². The minimum absolute atomic E-state index is 0. The topological polar surface area (TPSA) is 112 Å². The van der Waals surface area contributed by atoms with E-state index in [2.05, 4.69) is 20.3 Å². The first-order chi connectivity index (χ1) is 24.6. The fraction of sp³-hybridized carbons (Fsp3) is 0.306. The molecule has 51 heavy (non-hydrogen) atoms. The van der Waals surface area contributed by atoms with Gasteiger partial charge in [0.2, 0.25) is 5.91 Å². The summed E-state index contributed by atoms with van der Waals surface area (Å²) in [5, 5.41) is 8.15. The molecule has 2 aliphatic heterocycles. The number of halogens is 4. The van der Waals surface area contributed by atoms with E-state index >= 15 is 4.39 Å². The van der Waals surface area contributed by atoms with Crippen LogP contribution in [0.15, 0.2) is 73.2 Å². The molecule has 0 unspecified atom stereocenters. The van der Waals surface area contributed by atoms with Crippen molar-refractivity contribution < 1.29 is 33.3 Å². The summed E-state index contributed by atoms with van der Waals surface area (Å²) < 4.78 is 64.8. The predicted octanol–water partition coefficient (Wildman–Crippen LogP) is 5.90. The Morgan fingerprint density at radius 1 is 0.961 bits per heavy atom. The molecule has 1 N–H and O–H groups in total.